The molecular weight excluding hydrogens is 328 g/mol. The van der Waals surface area contributed by atoms with E-state index < -0.39 is 0 Å². The molecule has 1 amide bonds. The molecule has 2 aromatic carbocycles. The summed E-state index contributed by atoms with van der Waals surface area (Å²) in [6.07, 6.45) is 2.08. The first-order chi connectivity index (χ1) is 10.1. The summed E-state index contributed by atoms with van der Waals surface area (Å²) in [5.74, 6) is -0.389. The second-order valence-corrected chi connectivity index (χ2v) is 5.98. The highest BCUT2D eigenvalue weighted by Crippen LogP contribution is 2.25. The van der Waals surface area contributed by atoms with Gasteiger partial charge in [0.15, 0.2) is 0 Å². The fraction of sp³-hybridized carbons (Fsp3) is 0.118. The summed E-state index contributed by atoms with van der Waals surface area (Å²) >= 11 is 3.57. The summed E-state index contributed by atoms with van der Waals surface area (Å²) in [5.41, 5.74) is 9.30. The van der Waals surface area contributed by atoms with Crippen LogP contribution in [0.3, 0.4) is 0 Å². The van der Waals surface area contributed by atoms with Crippen molar-refractivity contribution in [3.05, 3.63) is 69.8 Å². The van der Waals surface area contributed by atoms with Crippen molar-refractivity contribution in [1.29, 1.82) is 0 Å². The highest BCUT2D eigenvalue weighted by Gasteiger charge is 2.07. The lowest BCUT2D eigenvalue weighted by Crippen LogP contribution is -2.11. The Hall–Kier alpha value is -2.07. The second kappa shape index (κ2) is 5.37. The van der Waals surface area contributed by atoms with Crippen molar-refractivity contribution in [2.75, 3.05) is 0 Å². The van der Waals surface area contributed by atoms with Gasteiger partial charge in [0, 0.05) is 33.7 Å². The molecule has 2 N–H and O–H groups in total. The van der Waals surface area contributed by atoms with Gasteiger partial charge in [-0.25, -0.2) is 0 Å². The highest BCUT2D eigenvalue weighted by atomic mass is 79.9. The molecule has 0 saturated heterocycles. The number of nitrogens with zero attached hydrogens (tertiary/aromatic N) is 1. The number of amides is 1. The molecule has 0 radical (unpaired) electrons. The maximum Gasteiger partial charge on any atom is 0.248 e. The van der Waals surface area contributed by atoms with Gasteiger partial charge in [-0.05, 0) is 48.4 Å². The molecule has 106 valence electrons. The van der Waals surface area contributed by atoms with Crippen LogP contribution in [0.5, 0.6) is 0 Å². The van der Waals surface area contributed by atoms with Gasteiger partial charge in [-0.2, -0.15) is 0 Å². The van der Waals surface area contributed by atoms with Gasteiger partial charge in [0.1, 0.15) is 0 Å². The summed E-state index contributed by atoms with van der Waals surface area (Å²) in [7, 11) is 0. The van der Waals surface area contributed by atoms with E-state index in [9.17, 15) is 4.79 Å². The quantitative estimate of drug-likeness (QED) is 0.771. The van der Waals surface area contributed by atoms with Crippen molar-refractivity contribution >= 4 is 32.7 Å². The van der Waals surface area contributed by atoms with Crippen LogP contribution in [0.15, 0.2) is 53.1 Å². The van der Waals surface area contributed by atoms with Crippen molar-refractivity contribution in [2.45, 2.75) is 13.5 Å². The number of aromatic nitrogens is 1. The molecule has 3 rings (SSSR count). The van der Waals surface area contributed by atoms with Crippen LogP contribution < -0.4 is 5.73 Å². The molecule has 4 heteroatoms. The molecule has 0 saturated carbocycles. The molecule has 0 aliphatic heterocycles. The monoisotopic (exact) mass is 342 g/mol. The SMILES string of the molecule is Cc1cc(C(N)=O)ccc1Cn1ccc2c(Br)cccc21. The van der Waals surface area contributed by atoms with Crippen molar-refractivity contribution in [2.24, 2.45) is 5.73 Å². The molecule has 21 heavy (non-hydrogen) atoms. The third-order valence-corrected chi connectivity index (χ3v) is 4.42. The third-order valence-electron chi connectivity index (χ3n) is 3.73. The summed E-state index contributed by atoms with van der Waals surface area (Å²) in [5, 5.41) is 1.20. The fourth-order valence-electron chi connectivity index (χ4n) is 2.53. The Labute approximate surface area is 131 Å². The summed E-state index contributed by atoms with van der Waals surface area (Å²) in [6, 6.07) is 13.9. The minimum Gasteiger partial charge on any atom is -0.366 e. The number of hydrogen-bond donors (Lipinski definition) is 1. The van der Waals surface area contributed by atoms with Crippen LogP contribution in [0.1, 0.15) is 21.5 Å². The zero-order chi connectivity index (χ0) is 15.0. The molecular formula is C17H15BrN2O. The van der Waals surface area contributed by atoms with Gasteiger partial charge in [-0.15, -0.1) is 0 Å². The largest absolute Gasteiger partial charge is 0.366 e. The number of nitrogens with two attached hydrogens (primary N) is 1. The van der Waals surface area contributed by atoms with Gasteiger partial charge in [-0.3, -0.25) is 4.79 Å². The molecule has 3 nitrogen and oxygen atoms in total. The third kappa shape index (κ3) is 2.59. The van der Waals surface area contributed by atoms with E-state index >= 15 is 0 Å². The molecule has 0 fully saturated rings. The van der Waals surface area contributed by atoms with Gasteiger partial charge in [0.2, 0.25) is 5.91 Å². The zero-order valence-corrected chi connectivity index (χ0v) is 13.2. The number of rotatable bonds is 3. The van der Waals surface area contributed by atoms with Crippen molar-refractivity contribution < 1.29 is 4.79 Å². The molecule has 0 unspecified atom stereocenters. The van der Waals surface area contributed by atoms with Gasteiger partial charge >= 0.3 is 0 Å². The molecule has 1 aromatic heterocycles. The Morgan fingerprint density at radius 2 is 2.05 bits per heavy atom. The molecule has 0 spiro atoms. The Balaban J connectivity index is 1.99. The zero-order valence-electron chi connectivity index (χ0n) is 11.6. The lowest BCUT2D eigenvalue weighted by atomic mass is 10.0. The number of hydrogen-bond acceptors (Lipinski definition) is 1. The van der Waals surface area contributed by atoms with E-state index in [1.807, 2.05) is 31.2 Å². The minimum atomic E-state index is -0.389. The molecule has 0 atom stereocenters. The van der Waals surface area contributed by atoms with Gasteiger partial charge in [0.25, 0.3) is 0 Å². The number of primary amides is 1. The van der Waals surface area contributed by atoms with Crippen LogP contribution in [-0.2, 0) is 6.54 Å². The van der Waals surface area contributed by atoms with Gasteiger partial charge in [0.05, 0.1) is 0 Å². The highest BCUT2D eigenvalue weighted by molar-refractivity contribution is 9.10. The van der Waals surface area contributed by atoms with Crippen LogP contribution in [0.25, 0.3) is 10.9 Å². The Kier molecular flexibility index (Phi) is 3.55. The average Bonchev–Trinajstić information content (AvgIpc) is 2.85. The molecule has 0 aliphatic carbocycles. The number of carbonyl (C=O) groups excluding carboxylic acids is 1. The van der Waals surface area contributed by atoms with Crippen molar-refractivity contribution in [3.63, 3.8) is 0 Å². The molecule has 0 aliphatic rings. The van der Waals surface area contributed by atoms with E-state index in [-0.39, 0.29) is 5.91 Å². The first-order valence-corrected chi connectivity index (χ1v) is 7.48. The maximum atomic E-state index is 11.2. The predicted octanol–water partition coefficient (Wildman–Crippen LogP) is 3.86. The smallest absolute Gasteiger partial charge is 0.248 e. The van der Waals surface area contributed by atoms with Crippen LogP contribution in [0.2, 0.25) is 0 Å². The van der Waals surface area contributed by atoms with Crippen LogP contribution in [0, 0.1) is 6.92 Å². The van der Waals surface area contributed by atoms with E-state index in [1.165, 1.54) is 16.5 Å². The van der Waals surface area contributed by atoms with Crippen molar-refractivity contribution in [1.82, 2.24) is 4.57 Å². The summed E-state index contributed by atoms with van der Waals surface area (Å²) in [6.45, 7) is 2.77. The normalized spacial score (nSPS) is 11.0. The van der Waals surface area contributed by atoms with Crippen LogP contribution >= 0.6 is 15.9 Å². The van der Waals surface area contributed by atoms with E-state index in [0.29, 0.717) is 5.56 Å². The van der Waals surface area contributed by atoms with E-state index in [4.69, 9.17) is 5.73 Å². The van der Waals surface area contributed by atoms with E-state index in [0.717, 1.165) is 16.6 Å². The number of fused-ring (bicyclic) bond motifs is 1. The van der Waals surface area contributed by atoms with Gasteiger partial charge < -0.3 is 10.3 Å². The van der Waals surface area contributed by atoms with Crippen LogP contribution in [0.4, 0.5) is 0 Å². The standard InChI is InChI=1S/C17H15BrN2O/c1-11-9-12(17(19)21)5-6-13(11)10-20-8-7-14-15(18)3-2-4-16(14)20/h2-9H,10H2,1H3,(H2,19,21). The first kappa shape index (κ1) is 13.9. The van der Waals surface area contributed by atoms with Crippen molar-refractivity contribution in [3.8, 4) is 0 Å². The number of aryl methyl sites for hydroxylation is 1. The summed E-state index contributed by atoms with van der Waals surface area (Å²) in [4.78, 5) is 11.2. The average molecular weight is 343 g/mol. The molecule has 0 bridgehead atoms. The first-order valence-electron chi connectivity index (χ1n) is 6.69. The second-order valence-electron chi connectivity index (χ2n) is 5.12. The van der Waals surface area contributed by atoms with E-state index in [1.54, 1.807) is 6.07 Å². The van der Waals surface area contributed by atoms with Crippen LogP contribution in [-0.4, -0.2) is 10.5 Å². The lowest BCUT2D eigenvalue weighted by molar-refractivity contribution is 0.1000. The Morgan fingerprint density at radius 3 is 2.76 bits per heavy atom. The molecule has 3 aromatic rings. The fourth-order valence-corrected chi connectivity index (χ4v) is 3.02. The predicted molar refractivity (Wildman–Crippen MR) is 88.4 cm³/mol. The number of benzene rings is 2. The Bertz CT molecular complexity index is 836. The minimum absolute atomic E-state index is 0.389. The van der Waals surface area contributed by atoms with E-state index in [2.05, 4.69) is 38.8 Å². The summed E-state index contributed by atoms with van der Waals surface area (Å²) < 4.78 is 3.30. The molecule has 1 heterocycles. The number of carbonyl (C=O) groups is 1. The number of halogens is 1. The maximum absolute atomic E-state index is 11.2. The lowest BCUT2D eigenvalue weighted by Gasteiger charge is -2.10. The van der Waals surface area contributed by atoms with Gasteiger partial charge in [-0.1, -0.05) is 28.1 Å². The topological polar surface area (TPSA) is 48.0 Å². The Morgan fingerprint density at radius 1 is 1.24 bits per heavy atom.